The summed E-state index contributed by atoms with van der Waals surface area (Å²) in [6.07, 6.45) is 0. The van der Waals surface area contributed by atoms with Crippen LogP contribution in [0.25, 0.3) is 21.5 Å². The summed E-state index contributed by atoms with van der Waals surface area (Å²) in [5.41, 5.74) is 10.4. The summed E-state index contributed by atoms with van der Waals surface area (Å²) < 4.78 is 143. The number of nitrogens with one attached hydrogen (secondary N) is 4. The van der Waals surface area contributed by atoms with E-state index in [1.807, 2.05) is 0 Å². The molecule has 27 nitrogen and oxygen atoms in total. The van der Waals surface area contributed by atoms with Gasteiger partial charge >= 0.3 is 124 Å². The number of phenolic OH excluding ortho intramolecular Hbond substituents is 2. The predicted molar refractivity (Wildman–Crippen MR) is 275 cm³/mol. The molecule has 10 N–H and O–H groups in total. The van der Waals surface area contributed by atoms with Crippen molar-refractivity contribution in [1.82, 2.24) is 0 Å². The first-order chi connectivity index (χ1) is 36.5. The summed E-state index contributed by atoms with van der Waals surface area (Å²) in [7, 11) is -20.5. The number of hydrogen-bond donors (Lipinski definition) is 8. The van der Waals surface area contributed by atoms with Crippen LogP contribution in [0.15, 0.2) is 173 Å². The van der Waals surface area contributed by atoms with Crippen molar-refractivity contribution in [3.05, 3.63) is 145 Å². The number of carbonyl (C=O) groups excluding carboxylic acids is 3. The van der Waals surface area contributed by atoms with Gasteiger partial charge in [-0.3, -0.25) is 9.59 Å². The topological polar surface area (TPSA) is 470 Å². The van der Waals surface area contributed by atoms with Gasteiger partial charge in [0.15, 0.2) is 0 Å². The van der Waals surface area contributed by atoms with E-state index in [4.69, 9.17) is 11.5 Å². The molecule has 0 spiro atoms. The summed E-state index contributed by atoms with van der Waals surface area (Å²) in [4.78, 5) is 35.8. The van der Waals surface area contributed by atoms with Gasteiger partial charge in [0.25, 0.3) is 11.8 Å². The van der Waals surface area contributed by atoms with Crippen LogP contribution in [0, 0.1) is 0 Å². The van der Waals surface area contributed by atoms with Crippen molar-refractivity contribution in [3.8, 4) is 11.5 Å². The van der Waals surface area contributed by atoms with Crippen LogP contribution in [-0.2, 0) is 40.5 Å². The molecule has 0 heterocycles. The Kier molecular flexibility index (Phi) is 23.1. The van der Waals surface area contributed by atoms with Crippen LogP contribution in [0.4, 0.5) is 61.7 Å². The molecule has 0 atom stereocenters. The summed E-state index contributed by atoms with van der Waals surface area (Å²) >= 11 is 0. The summed E-state index contributed by atoms with van der Waals surface area (Å²) in [6, 6.07) is 24.3. The standard InChI is InChI=1S/C47H36N10O17S4.4Na/c48-33-13-5-25-17-31(75(63,64)65)21-37(58)41(25)43(33)56-54-35-15-11-29(19-39(35)77(69,70)71)50-45(60)23-1-7-27(8-2-23)52-47(62)53-28-9-3-24(4-10-28)46(61)51-30-12-16-36(40(20-30)78(72,73)74)55-57-44-34(49)14-6-26-18-32(76(66,67)68)22-38(59)42(26)44;;;;/h1-22,58-59H,48-49H2,(H,50,60)(H,51,61)(H2,52,53,62)(H,63,64,65)(H,66,67,68)(H,69,70,71)(H,72,73,74);;;;/q;4*+1/p-4. The number of carbonyl (C=O) groups is 3. The van der Waals surface area contributed by atoms with Gasteiger partial charge in [0, 0.05) is 33.9 Å². The Morgan fingerprint density at radius 1 is 0.402 bits per heavy atom. The Balaban J connectivity index is 0.00000361. The molecule has 35 heteroatoms. The van der Waals surface area contributed by atoms with E-state index in [0.717, 1.165) is 36.4 Å². The molecule has 0 unspecified atom stereocenters. The van der Waals surface area contributed by atoms with Crippen LogP contribution in [0.2, 0.25) is 0 Å². The van der Waals surface area contributed by atoms with Crippen molar-refractivity contribution in [1.29, 1.82) is 0 Å². The van der Waals surface area contributed by atoms with E-state index in [0.29, 0.717) is 12.1 Å². The van der Waals surface area contributed by atoms with Crippen LogP contribution in [-0.4, -0.2) is 79.9 Å². The average molecular weight is 1230 g/mol. The number of nitrogens with zero attached hydrogens (tertiary/aromatic N) is 4. The van der Waals surface area contributed by atoms with Gasteiger partial charge in [0.05, 0.1) is 41.7 Å². The van der Waals surface area contributed by atoms with Gasteiger partial charge in [0.2, 0.25) is 0 Å². The summed E-state index contributed by atoms with van der Waals surface area (Å²) in [5.74, 6) is -2.98. The monoisotopic (exact) mass is 1230 g/mol. The number of rotatable bonds is 14. The molecule has 4 amide bonds. The summed E-state index contributed by atoms with van der Waals surface area (Å²) in [6.45, 7) is 0. The van der Waals surface area contributed by atoms with E-state index in [9.17, 15) is 76.5 Å². The fourth-order valence-electron chi connectivity index (χ4n) is 7.40. The Morgan fingerprint density at radius 3 is 1.05 bits per heavy atom. The van der Waals surface area contributed by atoms with E-state index in [2.05, 4.69) is 41.7 Å². The number of benzene rings is 8. The molecule has 0 aliphatic heterocycles. The quantitative estimate of drug-likeness (QED) is 0.0219. The number of nitrogen functional groups attached to an aromatic ring is 2. The van der Waals surface area contributed by atoms with E-state index in [-0.39, 0.29) is 196 Å². The Hall–Kier alpha value is -5.47. The minimum Gasteiger partial charge on any atom is -0.744 e. The van der Waals surface area contributed by atoms with Crippen LogP contribution in [0.5, 0.6) is 11.5 Å². The third-order valence-corrected chi connectivity index (χ3v) is 14.4. The maximum atomic E-state index is 13.1. The molecule has 82 heavy (non-hydrogen) atoms. The molecular formula is C47H32N10Na4O17S4. The largest absolute Gasteiger partial charge is 1.00 e. The number of nitrogens with two attached hydrogens (primary N) is 2. The number of fused-ring (bicyclic) bond motifs is 2. The van der Waals surface area contributed by atoms with Gasteiger partial charge in [-0.25, -0.2) is 38.5 Å². The Morgan fingerprint density at radius 2 is 0.732 bits per heavy atom. The van der Waals surface area contributed by atoms with Gasteiger partial charge in [-0.05, 0) is 132 Å². The zero-order valence-corrected chi connectivity index (χ0v) is 54.1. The maximum absolute atomic E-state index is 13.1. The molecule has 0 fully saturated rings. The molecule has 0 aliphatic rings. The number of phenols is 2. The maximum Gasteiger partial charge on any atom is 1.00 e. The molecule has 0 aromatic heterocycles. The van der Waals surface area contributed by atoms with Crippen molar-refractivity contribution in [2.45, 2.75) is 19.6 Å². The molecule has 8 aromatic rings. The average Bonchev–Trinajstić information content (AvgIpc) is 3.36. The molecule has 8 aromatic carbocycles. The third kappa shape index (κ3) is 16.4. The molecule has 8 rings (SSSR count). The van der Waals surface area contributed by atoms with E-state index in [1.165, 1.54) is 84.9 Å². The number of azo groups is 2. The fraction of sp³-hybridized carbons (Fsp3) is 0. The number of urea groups is 1. The molecule has 0 bridgehead atoms. The van der Waals surface area contributed by atoms with E-state index < -0.39 is 101 Å². The van der Waals surface area contributed by atoms with Gasteiger partial charge < -0.3 is 61.2 Å². The van der Waals surface area contributed by atoms with Crippen molar-refractivity contribution in [3.63, 3.8) is 0 Å². The van der Waals surface area contributed by atoms with Crippen LogP contribution >= 0.6 is 0 Å². The number of anilines is 6. The van der Waals surface area contributed by atoms with E-state index in [1.54, 1.807) is 0 Å². The molecule has 0 saturated heterocycles. The predicted octanol–water partition coefficient (Wildman–Crippen LogP) is -4.82. The SMILES string of the molecule is Nc1ccc2cc(S(=O)(=O)[O-])cc(O)c2c1N=Nc1ccc(NC(=O)c2ccc(NC(=O)Nc3ccc(C(=O)Nc4ccc(N=Nc5c(N)ccc6cc(S(=O)(=O)[O-])cc(O)c56)c(S(=O)(=O)[O-])c4)cc3)cc2)cc1S(=O)(=O)[O-].[Na+].[Na+].[Na+].[Na+]. The smallest absolute Gasteiger partial charge is 0.744 e. The van der Waals surface area contributed by atoms with Gasteiger partial charge in [0.1, 0.15) is 74.7 Å². The third-order valence-electron chi connectivity index (χ3n) is 11.0. The second-order valence-corrected chi connectivity index (χ2v) is 21.8. The number of aromatic hydroxyl groups is 2. The Bertz CT molecular complexity index is 4120. The number of hydrogen-bond acceptors (Lipinski definition) is 23. The van der Waals surface area contributed by atoms with Crippen molar-refractivity contribution < 1.29 is 195 Å². The first kappa shape index (κ1) is 69.0. The fourth-order valence-corrected chi connectivity index (χ4v) is 9.73. The van der Waals surface area contributed by atoms with E-state index >= 15 is 0 Å². The molecule has 0 radical (unpaired) electrons. The number of amides is 4. The van der Waals surface area contributed by atoms with Crippen molar-refractivity contribution >= 4 is 137 Å². The molecule has 400 valence electrons. The van der Waals surface area contributed by atoms with Crippen molar-refractivity contribution in [2.75, 3.05) is 32.7 Å². The van der Waals surface area contributed by atoms with Crippen molar-refractivity contribution in [2.24, 2.45) is 20.5 Å². The normalized spacial score (nSPS) is 11.7. The van der Waals surface area contributed by atoms with Crippen LogP contribution in [0.3, 0.4) is 0 Å². The molecule has 0 saturated carbocycles. The van der Waals surface area contributed by atoms with Gasteiger partial charge in [-0.2, -0.15) is 0 Å². The van der Waals surface area contributed by atoms with Gasteiger partial charge in [-0.1, -0.05) is 12.1 Å². The zero-order valence-electron chi connectivity index (χ0n) is 42.8. The second kappa shape index (κ2) is 27.5. The minimum atomic E-state index is -5.28. The first-order valence-corrected chi connectivity index (χ1v) is 27.1. The molecular weight excluding hydrogens is 1200 g/mol. The minimum absolute atomic E-state index is 0. The molecule has 0 aliphatic carbocycles. The zero-order chi connectivity index (χ0) is 56.6. The summed E-state index contributed by atoms with van der Waals surface area (Å²) in [5, 5.41) is 46.2. The Labute approximate surface area is 553 Å². The first-order valence-electron chi connectivity index (χ1n) is 21.5. The van der Waals surface area contributed by atoms with Gasteiger partial charge in [-0.15, -0.1) is 20.5 Å². The second-order valence-electron chi connectivity index (χ2n) is 16.3. The van der Waals surface area contributed by atoms with Crippen LogP contribution in [0.1, 0.15) is 20.7 Å². The van der Waals surface area contributed by atoms with Crippen LogP contribution < -0.4 is 151 Å².